The van der Waals surface area contributed by atoms with Gasteiger partial charge in [-0.15, -0.1) is 0 Å². The van der Waals surface area contributed by atoms with Crippen LogP contribution in [0.2, 0.25) is 0 Å². The lowest BCUT2D eigenvalue weighted by atomic mass is 9.99. The van der Waals surface area contributed by atoms with Crippen LogP contribution in [-0.2, 0) is 13.5 Å². The van der Waals surface area contributed by atoms with Crippen LogP contribution in [0, 0.1) is 0 Å². The first-order valence-electron chi connectivity index (χ1n) is 10.7. The number of aromatic nitrogens is 1. The lowest BCUT2D eigenvalue weighted by Crippen LogP contribution is -2.16. The number of carbonyl (C=O) groups excluding carboxylic acids is 1. The minimum atomic E-state index is -4.28. The Morgan fingerprint density at radius 2 is 1.97 bits per heavy atom. The summed E-state index contributed by atoms with van der Waals surface area (Å²) in [5, 5.41) is 21.0. The molecule has 1 unspecified atom stereocenters. The molecule has 190 valence electrons. The first-order chi connectivity index (χ1) is 16.3. The molecule has 1 amide bonds. The standard InChI is InChI=1S/C24H27F3N2O6/c1-14(6-4-5-9-28-23(33)34)19-12-18(30)20(22(32)35-19)21(31)15(2)10-17-11-16(13-29(17)3)7-8-24(25,26)27/h5,9-14,28,30H,4,6-8H2,1-3H3,(H,33,34)/b9-5+,15-10?. The van der Waals surface area contributed by atoms with Crippen molar-refractivity contribution in [3.8, 4) is 5.75 Å². The molecule has 3 N–H and O–H groups in total. The molecule has 2 aromatic heterocycles. The van der Waals surface area contributed by atoms with E-state index in [0.29, 0.717) is 24.1 Å². The molecule has 0 aliphatic carbocycles. The SMILES string of the molecule is CC(=Cc1cc(CCC(F)(F)F)cn1C)C(=O)c1c(O)cc(C(C)CC/C=C/NC(=O)O)oc1=O. The van der Waals surface area contributed by atoms with Crippen molar-refractivity contribution in [3.05, 3.63) is 69.2 Å². The monoisotopic (exact) mass is 496 g/mol. The summed E-state index contributed by atoms with van der Waals surface area (Å²) in [4.78, 5) is 35.7. The first-order valence-corrected chi connectivity index (χ1v) is 10.7. The Morgan fingerprint density at radius 3 is 2.57 bits per heavy atom. The summed E-state index contributed by atoms with van der Waals surface area (Å²) < 4.78 is 44.2. The zero-order valence-electron chi connectivity index (χ0n) is 19.5. The number of alkyl halides is 3. The van der Waals surface area contributed by atoms with Gasteiger partial charge in [-0.2, -0.15) is 13.2 Å². The van der Waals surface area contributed by atoms with Crippen LogP contribution in [0.3, 0.4) is 0 Å². The van der Waals surface area contributed by atoms with E-state index in [-0.39, 0.29) is 23.7 Å². The summed E-state index contributed by atoms with van der Waals surface area (Å²) in [5.74, 6) is -1.44. The number of Topliss-reactive ketones (excluding diaryl/α,β-unsaturated/α-hetero) is 1. The predicted molar refractivity (Wildman–Crippen MR) is 122 cm³/mol. The van der Waals surface area contributed by atoms with Gasteiger partial charge in [0.25, 0.3) is 0 Å². The van der Waals surface area contributed by atoms with Gasteiger partial charge < -0.3 is 19.2 Å². The minimum Gasteiger partial charge on any atom is -0.507 e. The average molecular weight is 496 g/mol. The van der Waals surface area contributed by atoms with E-state index < -0.39 is 41.4 Å². The van der Waals surface area contributed by atoms with Crippen molar-refractivity contribution in [2.75, 3.05) is 0 Å². The summed E-state index contributed by atoms with van der Waals surface area (Å²) in [7, 11) is 1.62. The lowest BCUT2D eigenvalue weighted by molar-refractivity contribution is -0.134. The number of allylic oxidation sites excluding steroid dienone is 2. The predicted octanol–water partition coefficient (Wildman–Crippen LogP) is 5.13. The lowest BCUT2D eigenvalue weighted by Gasteiger charge is -2.11. The van der Waals surface area contributed by atoms with E-state index in [1.807, 2.05) is 0 Å². The van der Waals surface area contributed by atoms with E-state index in [9.17, 15) is 32.7 Å². The largest absolute Gasteiger partial charge is 0.507 e. The fraction of sp³-hybridized carbons (Fsp3) is 0.375. The van der Waals surface area contributed by atoms with Gasteiger partial charge in [-0.1, -0.05) is 13.0 Å². The van der Waals surface area contributed by atoms with Gasteiger partial charge in [0.05, 0.1) is 0 Å². The molecule has 8 nitrogen and oxygen atoms in total. The second-order valence-electron chi connectivity index (χ2n) is 8.18. The molecule has 0 aliphatic rings. The zero-order chi connectivity index (χ0) is 26.3. The maximum absolute atomic E-state index is 12.8. The topological polar surface area (TPSA) is 122 Å². The smallest absolute Gasteiger partial charge is 0.408 e. The summed E-state index contributed by atoms with van der Waals surface area (Å²) in [6, 6.07) is 2.72. The van der Waals surface area contributed by atoms with Gasteiger partial charge in [0, 0.05) is 43.5 Å². The third-order valence-corrected chi connectivity index (χ3v) is 5.27. The van der Waals surface area contributed by atoms with Crippen LogP contribution < -0.4 is 10.9 Å². The maximum Gasteiger partial charge on any atom is 0.408 e. The molecular weight excluding hydrogens is 469 g/mol. The molecule has 11 heteroatoms. The number of hydrogen-bond acceptors (Lipinski definition) is 5. The number of ketones is 1. The number of halogens is 3. The van der Waals surface area contributed by atoms with Gasteiger partial charge >= 0.3 is 17.9 Å². The van der Waals surface area contributed by atoms with Crippen molar-refractivity contribution in [2.24, 2.45) is 7.05 Å². The highest BCUT2D eigenvalue weighted by molar-refractivity contribution is 6.12. The van der Waals surface area contributed by atoms with Crippen LogP contribution in [0.15, 0.2) is 45.4 Å². The molecule has 0 bridgehead atoms. The molecule has 0 spiro atoms. The van der Waals surface area contributed by atoms with Crippen molar-refractivity contribution in [3.63, 3.8) is 0 Å². The number of carboxylic acid groups (broad SMARTS) is 1. The summed E-state index contributed by atoms with van der Waals surface area (Å²) >= 11 is 0. The quantitative estimate of drug-likeness (QED) is 0.310. The van der Waals surface area contributed by atoms with Crippen molar-refractivity contribution in [1.82, 2.24) is 9.88 Å². The molecule has 2 aromatic rings. The van der Waals surface area contributed by atoms with E-state index >= 15 is 0 Å². The van der Waals surface area contributed by atoms with Gasteiger partial charge in [0.2, 0.25) is 0 Å². The fourth-order valence-corrected chi connectivity index (χ4v) is 3.36. The first kappa shape index (κ1) is 27.5. The number of carbonyl (C=O) groups is 2. The van der Waals surface area contributed by atoms with E-state index in [2.05, 4.69) is 5.32 Å². The van der Waals surface area contributed by atoms with E-state index in [1.54, 1.807) is 24.6 Å². The molecule has 0 radical (unpaired) electrons. The van der Waals surface area contributed by atoms with E-state index in [0.717, 1.165) is 0 Å². The number of amides is 1. The highest BCUT2D eigenvalue weighted by Gasteiger charge is 2.27. The molecule has 0 fully saturated rings. The van der Waals surface area contributed by atoms with Gasteiger partial charge in [0.1, 0.15) is 17.1 Å². The summed E-state index contributed by atoms with van der Waals surface area (Å²) in [6.07, 6.45) is 0.133. The normalized spacial score (nSPS) is 13.3. The van der Waals surface area contributed by atoms with E-state index in [1.165, 1.54) is 37.5 Å². The van der Waals surface area contributed by atoms with Crippen LogP contribution in [0.1, 0.15) is 66.4 Å². The molecule has 0 aromatic carbocycles. The van der Waals surface area contributed by atoms with Gasteiger partial charge in [-0.05, 0) is 49.5 Å². The average Bonchev–Trinajstić information content (AvgIpc) is 3.09. The van der Waals surface area contributed by atoms with Crippen LogP contribution in [0.25, 0.3) is 6.08 Å². The Kier molecular flexibility index (Phi) is 9.10. The Balaban J connectivity index is 2.16. The Hall–Kier alpha value is -3.76. The second kappa shape index (κ2) is 11.6. The highest BCUT2D eigenvalue weighted by Crippen LogP contribution is 2.27. The van der Waals surface area contributed by atoms with E-state index in [4.69, 9.17) is 9.52 Å². The fourth-order valence-electron chi connectivity index (χ4n) is 3.36. The highest BCUT2D eigenvalue weighted by atomic mass is 19.4. The summed E-state index contributed by atoms with van der Waals surface area (Å²) in [5.41, 5.74) is -0.538. The molecule has 1 atom stereocenters. The van der Waals surface area contributed by atoms with Gasteiger partial charge in [-0.3, -0.25) is 10.1 Å². The minimum absolute atomic E-state index is 0.0908. The molecule has 0 saturated heterocycles. The van der Waals surface area contributed by atoms with Crippen LogP contribution in [0.4, 0.5) is 18.0 Å². The zero-order valence-corrected chi connectivity index (χ0v) is 19.5. The van der Waals surface area contributed by atoms with Crippen molar-refractivity contribution < 1.29 is 37.4 Å². The Labute approximate surface area is 199 Å². The number of rotatable bonds is 10. The summed E-state index contributed by atoms with van der Waals surface area (Å²) in [6.45, 7) is 3.17. The molecule has 0 aliphatic heterocycles. The molecule has 0 saturated carbocycles. The Morgan fingerprint density at radius 1 is 1.29 bits per heavy atom. The molecule has 2 rings (SSSR count). The third kappa shape index (κ3) is 8.20. The van der Waals surface area contributed by atoms with Crippen molar-refractivity contribution in [2.45, 2.75) is 51.6 Å². The molecular formula is C24H27F3N2O6. The number of hydrogen-bond donors (Lipinski definition) is 3. The number of nitrogens with one attached hydrogen (secondary N) is 1. The van der Waals surface area contributed by atoms with Crippen LogP contribution in [-0.4, -0.2) is 32.8 Å². The number of aryl methyl sites for hydroxylation is 2. The Bertz CT molecular complexity index is 1190. The van der Waals surface area contributed by atoms with Crippen molar-refractivity contribution >= 4 is 18.0 Å². The second-order valence-corrected chi connectivity index (χ2v) is 8.18. The number of aromatic hydroxyl groups is 1. The van der Waals surface area contributed by atoms with Crippen molar-refractivity contribution in [1.29, 1.82) is 0 Å². The molecule has 2 heterocycles. The third-order valence-electron chi connectivity index (χ3n) is 5.27. The van der Waals surface area contributed by atoms with Gasteiger partial charge in [0.15, 0.2) is 5.78 Å². The maximum atomic E-state index is 12.8. The van der Waals surface area contributed by atoms with Gasteiger partial charge in [-0.25, -0.2) is 9.59 Å². The van der Waals surface area contributed by atoms with Crippen LogP contribution in [0.5, 0.6) is 5.75 Å². The van der Waals surface area contributed by atoms with Crippen LogP contribution >= 0.6 is 0 Å². The number of nitrogens with zero attached hydrogens (tertiary/aromatic N) is 1. The molecule has 35 heavy (non-hydrogen) atoms.